The van der Waals surface area contributed by atoms with Gasteiger partial charge in [-0.25, -0.2) is 0 Å². The summed E-state index contributed by atoms with van der Waals surface area (Å²) in [5.41, 5.74) is -1.19. The van der Waals surface area contributed by atoms with Gasteiger partial charge in [-0.2, -0.15) is 22.0 Å². The largest absolute Gasteiger partial charge is 0.468 e. The van der Waals surface area contributed by atoms with Crippen LogP contribution in [0, 0.1) is 11.5 Å². The molecule has 0 bridgehead atoms. The molecule has 1 aromatic rings. The molecule has 1 rings (SSSR count). The summed E-state index contributed by atoms with van der Waals surface area (Å²) in [4.78, 5) is 3.13. The number of hydrogen-bond acceptors (Lipinski definition) is 2. The molecule has 1 N–H and O–H groups in total. The van der Waals surface area contributed by atoms with E-state index in [1.807, 2.05) is 0 Å². The van der Waals surface area contributed by atoms with Crippen molar-refractivity contribution < 1.29 is 30.5 Å². The second kappa shape index (κ2) is 6.03. The van der Waals surface area contributed by atoms with E-state index in [9.17, 15) is 26.5 Å². The summed E-state index contributed by atoms with van der Waals surface area (Å²) in [6.45, 7) is 1.49. The minimum atomic E-state index is -5.73. The molecule has 2 unspecified atom stereocenters. The number of pyridine rings is 1. The number of alkyl halides is 5. The van der Waals surface area contributed by atoms with Gasteiger partial charge in [-0.3, -0.25) is 4.98 Å². The summed E-state index contributed by atoms with van der Waals surface area (Å²) >= 11 is 0. The molecule has 0 aromatic carbocycles. The number of nitriles is 1. The summed E-state index contributed by atoms with van der Waals surface area (Å²) in [5, 5.41) is 8.85. The highest BCUT2D eigenvalue weighted by atomic mass is 32.2. The summed E-state index contributed by atoms with van der Waals surface area (Å²) in [5.74, 6) is -5.05. The van der Waals surface area contributed by atoms with Crippen LogP contribution >= 0.6 is 0 Å². The molecule has 10 heteroatoms. The Morgan fingerprint density at radius 1 is 1.33 bits per heavy atom. The molecular formula is C11H11F5N3OS+. The maximum absolute atomic E-state index is 13.1. The molecule has 4 nitrogen and oxygen atoms in total. The topological polar surface area (TPSA) is 59.9 Å². The Hall–Kier alpha value is -1.60. The van der Waals surface area contributed by atoms with Gasteiger partial charge in [-0.05, 0) is 13.0 Å². The summed E-state index contributed by atoms with van der Waals surface area (Å²) in [7, 11) is -1.40. The van der Waals surface area contributed by atoms with E-state index < -0.39 is 34.8 Å². The first-order valence-corrected chi connectivity index (χ1v) is 7.02. The number of rotatable bonds is 3. The Bertz CT molecular complexity index is 587. The number of hydrogen-bond donors (Lipinski definition) is 1. The molecule has 2 atom stereocenters. The number of nitrogens with zero attached hydrogens (tertiary/aromatic N) is 3. The molecule has 21 heavy (non-hydrogen) atoms. The molecule has 116 valence electrons. The zero-order chi connectivity index (χ0) is 16.4. The molecule has 0 aliphatic heterocycles. The van der Waals surface area contributed by atoms with Crippen molar-refractivity contribution in [3.05, 3.63) is 29.6 Å². The van der Waals surface area contributed by atoms with E-state index in [-0.39, 0.29) is 5.56 Å². The minimum absolute atomic E-state index is 0.228. The van der Waals surface area contributed by atoms with Gasteiger partial charge in [0.1, 0.15) is 22.7 Å². The first kappa shape index (κ1) is 17.5. The van der Waals surface area contributed by atoms with Gasteiger partial charge in [0.15, 0.2) is 5.26 Å². The van der Waals surface area contributed by atoms with Crippen molar-refractivity contribution in [1.82, 2.24) is 4.98 Å². The van der Waals surface area contributed by atoms with Crippen LogP contribution in [0.5, 0.6) is 0 Å². The van der Waals surface area contributed by atoms with Gasteiger partial charge < -0.3 is 4.55 Å². The molecule has 0 aliphatic rings. The molecule has 0 aliphatic carbocycles. The number of aromatic nitrogens is 1. The van der Waals surface area contributed by atoms with E-state index in [2.05, 4.69) is 4.98 Å². The van der Waals surface area contributed by atoms with Crippen molar-refractivity contribution in [2.75, 3.05) is 6.26 Å². The maximum Gasteiger partial charge on any atom is 0.468 e. The van der Waals surface area contributed by atoms with Crippen LogP contribution in [0.1, 0.15) is 24.2 Å². The van der Waals surface area contributed by atoms with E-state index in [0.717, 1.165) is 16.2 Å². The zero-order valence-corrected chi connectivity index (χ0v) is 11.7. The predicted octanol–water partition coefficient (Wildman–Crippen LogP) is 3.19. The van der Waals surface area contributed by atoms with Crippen LogP contribution in [0.2, 0.25) is 0 Å². The quantitative estimate of drug-likeness (QED) is 0.401. The average molecular weight is 328 g/mol. The van der Waals surface area contributed by atoms with Crippen molar-refractivity contribution in [2.24, 2.45) is 0 Å². The highest BCUT2D eigenvalue weighted by molar-refractivity contribution is 7.78. The maximum atomic E-state index is 13.1. The van der Waals surface area contributed by atoms with Gasteiger partial charge in [0.05, 0.1) is 0 Å². The minimum Gasteiger partial charge on any atom is -0.306 e. The normalized spacial score (nSPS) is 16.0. The van der Waals surface area contributed by atoms with Gasteiger partial charge in [0.2, 0.25) is 0 Å². The third kappa shape index (κ3) is 3.54. The second-order valence-electron chi connectivity index (χ2n) is 4.10. The lowest BCUT2D eigenvalue weighted by Gasteiger charge is -2.19. The molecule has 1 heterocycles. The zero-order valence-electron chi connectivity index (χ0n) is 10.9. The monoisotopic (exact) mass is 328 g/mol. The van der Waals surface area contributed by atoms with Gasteiger partial charge in [-0.1, -0.05) is 6.07 Å². The number of halogens is 5. The molecule has 0 fully saturated rings. The Morgan fingerprint density at radius 2 is 1.90 bits per heavy atom. The van der Waals surface area contributed by atoms with Gasteiger partial charge >= 0.3 is 18.3 Å². The molecule has 0 spiro atoms. The lowest BCUT2D eigenvalue weighted by molar-refractivity contribution is -0.463. The Balaban J connectivity index is 3.16. The Morgan fingerprint density at radius 3 is 2.24 bits per heavy atom. The standard InChI is InChI=1S/C11H10F5N3OS/c1-7(19(6-17)21(2)20)8-3-4-9(18-5-8)10(12,13)11(14,15)16/h3-5,7H,1-2H3/p+1. The van der Waals surface area contributed by atoms with Crippen LogP contribution < -0.4 is 0 Å². The fourth-order valence-corrected chi connectivity index (χ4v) is 2.19. The molecule has 0 saturated heterocycles. The molecule has 1 aromatic heterocycles. The fraction of sp³-hybridized carbons (Fsp3) is 0.455. The summed E-state index contributed by atoms with van der Waals surface area (Å²) in [6.07, 6.45) is -1.84. The summed E-state index contributed by atoms with van der Waals surface area (Å²) in [6, 6.07) is 0.860. The van der Waals surface area contributed by atoms with Gasteiger partial charge in [-0.15, -0.1) is 3.95 Å². The third-order valence-corrected chi connectivity index (χ3v) is 3.65. The van der Waals surface area contributed by atoms with E-state index in [4.69, 9.17) is 5.26 Å². The van der Waals surface area contributed by atoms with Crippen LogP contribution in [-0.4, -0.2) is 25.9 Å². The van der Waals surface area contributed by atoms with E-state index in [1.165, 1.54) is 13.2 Å². The highest BCUT2D eigenvalue weighted by Gasteiger charge is 2.59. The molecule has 0 saturated carbocycles. The summed E-state index contributed by atoms with van der Waals surface area (Å²) < 4.78 is 73.0. The van der Waals surface area contributed by atoms with Gasteiger partial charge in [0.25, 0.3) is 0 Å². The Kier molecular flexibility index (Phi) is 5.01. The first-order chi connectivity index (χ1) is 9.52. The Labute approximate surface area is 119 Å². The molecule has 0 radical (unpaired) electrons. The van der Waals surface area contributed by atoms with E-state index in [0.29, 0.717) is 6.07 Å². The van der Waals surface area contributed by atoms with Crippen molar-refractivity contribution in [2.45, 2.75) is 25.1 Å². The molecule has 0 amide bonds. The smallest absolute Gasteiger partial charge is 0.306 e. The van der Waals surface area contributed by atoms with Crippen molar-refractivity contribution >= 4 is 11.0 Å². The highest BCUT2D eigenvalue weighted by Crippen LogP contribution is 2.42. The van der Waals surface area contributed by atoms with Crippen LogP contribution in [0.15, 0.2) is 18.3 Å². The van der Waals surface area contributed by atoms with Crippen molar-refractivity contribution in [3.63, 3.8) is 0 Å². The van der Waals surface area contributed by atoms with Crippen LogP contribution in [0.4, 0.5) is 22.0 Å². The fourth-order valence-electron chi connectivity index (χ4n) is 1.49. The predicted molar refractivity (Wildman–Crippen MR) is 64.4 cm³/mol. The van der Waals surface area contributed by atoms with E-state index >= 15 is 0 Å². The second-order valence-corrected chi connectivity index (χ2v) is 5.38. The van der Waals surface area contributed by atoms with E-state index in [1.54, 1.807) is 6.19 Å². The van der Waals surface area contributed by atoms with Crippen LogP contribution in [-0.2, 0) is 16.9 Å². The lowest BCUT2D eigenvalue weighted by Crippen LogP contribution is -2.34. The lowest BCUT2D eigenvalue weighted by atomic mass is 10.1. The van der Waals surface area contributed by atoms with Crippen LogP contribution in [0.25, 0.3) is 0 Å². The SMILES string of the molecule is CC(c1ccc(C(F)(F)C(F)(F)F)nc1)[N+](C#N)=S(C)O. The van der Waals surface area contributed by atoms with Crippen molar-refractivity contribution in [3.8, 4) is 6.19 Å². The molecular weight excluding hydrogens is 317 g/mol. The van der Waals surface area contributed by atoms with Crippen molar-refractivity contribution in [1.29, 1.82) is 5.26 Å². The average Bonchev–Trinajstić information content (AvgIpc) is 2.37. The third-order valence-electron chi connectivity index (χ3n) is 2.68. The first-order valence-electron chi connectivity index (χ1n) is 5.47. The van der Waals surface area contributed by atoms with Gasteiger partial charge in [0, 0.05) is 18.0 Å². The van der Waals surface area contributed by atoms with Crippen LogP contribution in [0.3, 0.4) is 0 Å².